The summed E-state index contributed by atoms with van der Waals surface area (Å²) in [7, 11) is -3.37. The van der Waals surface area contributed by atoms with Gasteiger partial charge in [0.15, 0.2) is 0 Å². The van der Waals surface area contributed by atoms with Crippen molar-refractivity contribution in [3.63, 3.8) is 0 Å². The zero-order chi connectivity index (χ0) is 26.3. The number of sulfonamides is 1. The Morgan fingerprint density at radius 1 is 1.00 bits per heavy atom. The van der Waals surface area contributed by atoms with Crippen LogP contribution in [-0.2, 0) is 23.0 Å². The average molecular weight is 555 g/mol. The first-order chi connectivity index (χ1) is 17.0. The third kappa shape index (κ3) is 9.07. The van der Waals surface area contributed by atoms with Gasteiger partial charge in [-0.2, -0.15) is 0 Å². The second-order valence-electron chi connectivity index (χ2n) is 8.41. The van der Waals surface area contributed by atoms with Gasteiger partial charge in [0.1, 0.15) is 30.0 Å². The molecule has 0 fully saturated rings. The maximum Gasteiger partial charge on any atom is 0.229 e. The summed E-state index contributed by atoms with van der Waals surface area (Å²) < 4.78 is 30.7. The number of nitrogens with one attached hydrogen (secondary N) is 1. The molecule has 0 unspecified atom stereocenters. The van der Waals surface area contributed by atoms with Gasteiger partial charge in [-0.25, -0.2) is 8.42 Å². The lowest BCUT2D eigenvalue weighted by atomic mass is 10.1. The van der Waals surface area contributed by atoms with Crippen LogP contribution in [0.1, 0.15) is 11.1 Å². The highest BCUT2D eigenvalue weighted by molar-refractivity contribution is 7.92. The van der Waals surface area contributed by atoms with E-state index in [1.165, 1.54) is 12.1 Å². The molecule has 36 heavy (non-hydrogen) atoms. The maximum absolute atomic E-state index is 11.3. The number of anilines is 1. The van der Waals surface area contributed by atoms with E-state index in [-0.39, 0.29) is 24.7 Å². The molecular formula is C25H28Cl2N2O6S. The van der Waals surface area contributed by atoms with E-state index in [0.717, 1.165) is 11.8 Å². The number of benzene rings is 3. The van der Waals surface area contributed by atoms with Crippen LogP contribution in [0.5, 0.6) is 17.2 Å². The molecule has 0 aliphatic rings. The van der Waals surface area contributed by atoms with Crippen LogP contribution in [0.3, 0.4) is 0 Å². The third-order valence-electron chi connectivity index (χ3n) is 5.23. The number of phenolic OH excluding ortho intramolecular Hbond substituents is 2. The summed E-state index contributed by atoms with van der Waals surface area (Å²) in [5, 5.41) is 31.4. The molecule has 0 spiro atoms. The molecule has 0 aliphatic carbocycles. The predicted molar refractivity (Wildman–Crippen MR) is 142 cm³/mol. The van der Waals surface area contributed by atoms with Gasteiger partial charge in [-0.1, -0.05) is 35.3 Å². The van der Waals surface area contributed by atoms with Gasteiger partial charge in [-0.3, -0.25) is 9.62 Å². The average Bonchev–Trinajstić information content (AvgIpc) is 2.80. The van der Waals surface area contributed by atoms with Crippen molar-refractivity contribution in [3.05, 3.63) is 81.8 Å². The molecule has 0 aromatic heterocycles. The van der Waals surface area contributed by atoms with E-state index in [4.69, 9.17) is 27.9 Å². The van der Waals surface area contributed by atoms with Crippen molar-refractivity contribution in [3.8, 4) is 17.2 Å². The van der Waals surface area contributed by atoms with Crippen LogP contribution >= 0.6 is 23.2 Å². The number of rotatable bonds is 12. The molecule has 0 aliphatic heterocycles. The molecule has 3 rings (SSSR count). The number of hydrogen-bond acceptors (Lipinski definition) is 7. The smallest absolute Gasteiger partial charge is 0.229 e. The minimum Gasteiger partial charge on any atom is -0.508 e. The lowest BCUT2D eigenvalue weighted by molar-refractivity contribution is 0.0657. The molecule has 0 radical (unpaired) electrons. The van der Waals surface area contributed by atoms with Crippen LogP contribution < -0.4 is 9.46 Å². The fourth-order valence-corrected chi connectivity index (χ4v) is 4.41. The van der Waals surface area contributed by atoms with E-state index < -0.39 is 16.1 Å². The molecule has 8 nitrogen and oxygen atoms in total. The lowest BCUT2D eigenvalue weighted by Crippen LogP contribution is -2.36. The molecule has 3 aromatic carbocycles. The largest absolute Gasteiger partial charge is 0.508 e. The summed E-state index contributed by atoms with van der Waals surface area (Å²) in [5.74, 6) is 0.402. The van der Waals surface area contributed by atoms with Crippen LogP contribution in [0.2, 0.25) is 10.0 Å². The number of halogens is 2. The molecule has 0 saturated heterocycles. The van der Waals surface area contributed by atoms with Crippen molar-refractivity contribution in [1.82, 2.24) is 4.90 Å². The van der Waals surface area contributed by atoms with Crippen LogP contribution in [0, 0.1) is 0 Å². The number of ether oxygens (including phenoxy) is 1. The Kier molecular flexibility index (Phi) is 9.69. The van der Waals surface area contributed by atoms with E-state index in [1.54, 1.807) is 42.5 Å². The quantitative estimate of drug-likeness (QED) is 0.264. The molecule has 11 heteroatoms. The highest BCUT2D eigenvalue weighted by Gasteiger charge is 2.16. The summed E-state index contributed by atoms with van der Waals surface area (Å²) in [6, 6.07) is 16.2. The maximum atomic E-state index is 11.3. The molecule has 1 atom stereocenters. The minimum absolute atomic E-state index is 0.00366. The third-order valence-corrected chi connectivity index (χ3v) is 6.58. The summed E-state index contributed by atoms with van der Waals surface area (Å²) in [6.45, 7) is 1.12. The van der Waals surface area contributed by atoms with Gasteiger partial charge in [0, 0.05) is 37.0 Å². The van der Waals surface area contributed by atoms with Gasteiger partial charge in [-0.15, -0.1) is 0 Å². The fourth-order valence-electron chi connectivity index (χ4n) is 3.52. The van der Waals surface area contributed by atoms with E-state index in [1.807, 2.05) is 11.0 Å². The van der Waals surface area contributed by atoms with Crippen LogP contribution in [0.4, 0.5) is 5.69 Å². The van der Waals surface area contributed by atoms with Gasteiger partial charge in [-0.05, 0) is 54.4 Å². The second kappa shape index (κ2) is 12.5. The number of aliphatic hydroxyl groups excluding tert-OH is 1. The summed E-state index contributed by atoms with van der Waals surface area (Å²) in [6.07, 6.45) is 0.837. The topological polar surface area (TPSA) is 119 Å². The molecule has 194 valence electrons. The van der Waals surface area contributed by atoms with Crippen molar-refractivity contribution < 1.29 is 28.5 Å². The van der Waals surface area contributed by atoms with Crippen LogP contribution in [0.25, 0.3) is 0 Å². The Balaban J connectivity index is 1.63. The Morgan fingerprint density at radius 3 is 2.36 bits per heavy atom. The van der Waals surface area contributed by atoms with Gasteiger partial charge in [0.25, 0.3) is 0 Å². The summed E-state index contributed by atoms with van der Waals surface area (Å²) >= 11 is 12.1. The van der Waals surface area contributed by atoms with Crippen molar-refractivity contribution in [2.75, 3.05) is 30.7 Å². The Labute approximate surface area is 220 Å². The van der Waals surface area contributed by atoms with Gasteiger partial charge >= 0.3 is 0 Å². The van der Waals surface area contributed by atoms with Crippen molar-refractivity contribution in [1.29, 1.82) is 0 Å². The Bertz CT molecular complexity index is 1270. The Morgan fingerprint density at radius 2 is 1.72 bits per heavy atom. The molecule has 0 amide bonds. The van der Waals surface area contributed by atoms with Gasteiger partial charge in [0.05, 0.1) is 16.3 Å². The van der Waals surface area contributed by atoms with Crippen LogP contribution in [-0.4, -0.2) is 60.7 Å². The summed E-state index contributed by atoms with van der Waals surface area (Å²) in [5.41, 5.74) is 1.98. The normalized spacial score (nSPS) is 12.5. The fraction of sp³-hybridized carbons (Fsp3) is 0.280. The Hall–Kier alpha value is -2.69. The predicted octanol–water partition coefficient (Wildman–Crippen LogP) is 4.26. The monoisotopic (exact) mass is 554 g/mol. The number of phenols is 2. The lowest BCUT2D eigenvalue weighted by Gasteiger charge is -2.26. The van der Waals surface area contributed by atoms with E-state index >= 15 is 0 Å². The van der Waals surface area contributed by atoms with E-state index in [2.05, 4.69) is 4.72 Å². The standard InChI is InChI=1S/C25H28Cl2N2O6S/c1-36(33,34)28-19-4-7-22(8-5-19)35-16-21(31)15-29(14-18-3-6-20(30)13-25(18)32)11-10-17-2-9-23(26)24(27)12-17/h2-9,12-13,21,28,30-32H,10-11,14-16H2,1H3/t21-/m0/s1. The van der Waals surface area contributed by atoms with Gasteiger partial charge in [0.2, 0.25) is 10.0 Å². The number of nitrogens with zero attached hydrogens (tertiary/aromatic N) is 1. The number of aromatic hydroxyl groups is 2. The van der Waals surface area contributed by atoms with E-state index in [0.29, 0.717) is 46.6 Å². The van der Waals surface area contributed by atoms with Crippen molar-refractivity contribution in [2.45, 2.75) is 19.1 Å². The molecule has 0 heterocycles. The summed E-state index contributed by atoms with van der Waals surface area (Å²) in [4.78, 5) is 1.96. The number of aliphatic hydroxyl groups is 1. The van der Waals surface area contributed by atoms with Crippen molar-refractivity contribution >= 4 is 38.9 Å². The first-order valence-corrected chi connectivity index (χ1v) is 13.7. The zero-order valence-corrected chi connectivity index (χ0v) is 21.9. The second-order valence-corrected chi connectivity index (χ2v) is 11.0. The van der Waals surface area contributed by atoms with Crippen LogP contribution in [0.15, 0.2) is 60.7 Å². The molecule has 0 saturated carbocycles. The van der Waals surface area contributed by atoms with E-state index in [9.17, 15) is 23.7 Å². The minimum atomic E-state index is -3.37. The first-order valence-electron chi connectivity index (χ1n) is 11.0. The van der Waals surface area contributed by atoms with Crippen molar-refractivity contribution in [2.24, 2.45) is 0 Å². The zero-order valence-electron chi connectivity index (χ0n) is 19.6. The van der Waals surface area contributed by atoms with Gasteiger partial charge < -0.3 is 20.1 Å². The molecule has 0 bridgehead atoms. The SMILES string of the molecule is CS(=O)(=O)Nc1ccc(OC[C@@H](O)CN(CCc2ccc(Cl)c(Cl)c2)Cc2ccc(O)cc2O)cc1. The molecule has 3 aromatic rings. The molecular weight excluding hydrogens is 527 g/mol. The highest BCUT2D eigenvalue weighted by atomic mass is 35.5. The highest BCUT2D eigenvalue weighted by Crippen LogP contribution is 2.25. The number of hydrogen-bond donors (Lipinski definition) is 4. The first kappa shape index (κ1) is 27.9. The molecule has 4 N–H and O–H groups in total.